The lowest BCUT2D eigenvalue weighted by molar-refractivity contribution is -0.111. The Morgan fingerprint density at radius 2 is 1.39 bits per heavy atom. The number of nitrogens with two attached hydrogens (primary N) is 2. The van der Waals surface area contributed by atoms with Gasteiger partial charge in [0.2, 0.25) is 5.91 Å². The van der Waals surface area contributed by atoms with Gasteiger partial charge in [-0.15, -0.1) is 23.2 Å². The van der Waals surface area contributed by atoms with Gasteiger partial charge in [0.15, 0.2) is 17.6 Å². The molecule has 0 spiro atoms. The van der Waals surface area contributed by atoms with Gasteiger partial charge in [-0.25, -0.2) is 0 Å². The molecule has 4 amide bonds. The average Bonchev–Trinajstić information content (AvgIpc) is 3.76. The highest BCUT2D eigenvalue weighted by Gasteiger charge is 2.20. The van der Waals surface area contributed by atoms with Crippen LogP contribution in [0, 0.1) is 0 Å². The number of aryl methyl sites for hydroxylation is 3. The van der Waals surface area contributed by atoms with E-state index in [0.717, 1.165) is 11.3 Å². The molecule has 0 fully saturated rings. The number of nitrogens with one attached hydrogen (secondary N) is 4. The number of hydrogen-bond acceptors (Lipinski definition) is 8. The molecule has 270 valence electrons. The van der Waals surface area contributed by atoms with Gasteiger partial charge in [0.25, 0.3) is 17.7 Å². The first-order chi connectivity index (χ1) is 24.4. The summed E-state index contributed by atoms with van der Waals surface area (Å²) in [5, 5.41) is 19.1. The van der Waals surface area contributed by atoms with Gasteiger partial charge in [-0.05, 0) is 29.8 Å². The van der Waals surface area contributed by atoms with E-state index in [9.17, 15) is 19.2 Å². The van der Waals surface area contributed by atoms with Gasteiger partial charge in [0.1, 0.15) is 17.1 Å². The van der Waals surface area contributed by atoms with Crippen molar-refractivity contribution in [2.45, 2.75) is 0 Å². The van der Waals surface area contributed by atoms with Gasteiger partial charge < -0.3 is 42.2 Å². The van der Waals surface area contributed by atoms with Crippen LogP contribution in [-0.4, -0.2) is 91.7 Å². The Balaban J connectivity index is 1.33. The van der Waals surface area contributed by atoms with Gasteiger partial charge in [-0.1, -0.05) is 12.1 Å². The van der Waals surface area contributed by atoms with Crippen LogP contribution >= 0.6 is 23.2 Å². The lowest BCUT2D eigenvalue weighted by atomic mass is 10.2. The Kier molecular flexibility index (Phi) is 13.2. The zero-order valence-electron chi connectivity index (χ0n) is 28.2. The molecular formula is C32H39Cl2N13O4. The van der Waals surface area contributed by atoms with E-state index in [4.69, 9.17) is 34.7 Å². The van der Waals surface area contributed by atoms with E-state index in [2.05, 4.69) is 41.4 Å². The molecule has 0 bridgehead atoms. The number of halogens is 2. The van der Waals surface area contributed by atoms with Crippen molar-refractivity contribution < 1.29 is 19.2 Å². The Bertz CT molecular complexity index is 1920. The predicted octanol–water partition coefficient (Wildman–Crippen LogP) is 1.94. The first kappa shape index (κ1) is 38.0. The summed E-state index contributed by atoms with van der Waals surface area (Å²) in [4.78, 5) is 57.2. The standard InChI is InChI=1S/C32H39Cl2N13O4/c1-44-19-21(39-28(48)9-6-20-4-7-22(8-5-20)47(14-10-33)15-11-34)16-23(44)30(50)40-27-18-25(46(3)43-27)31(51)41-26-17-24(45(2)42-26)29(49)37-12-13-38-32(35)36/h4-9,16-19H,10-15H2,1-3H3,(H,37,49)(H,39,48)(H4,35,36,38)(H,40,43,50)(H,41,42,51)/b9-6+. The minimum atomic E-state index is -0.573. The number of alkyl halides is 2. The molecule has 0 saturated heterocycles. The van der Waals surface area contributed by atoms with E-state index in [1.54, 1.807) is 30.9 Å². The highest BCUT2D eigenvalue weighted by molar-refractivity contribution is 6.18. The van der Waals surface area contributed by atoms with Crippen molar-refractivity contribution in [2.75, 3.05) is 58.8 Å². The number of aromatic nitrogens is 5. The van der Waals surface area contributed by atoms with Crippen molar-refractivity contribution in [3.8, 4) is 0 Å². The molecule has 1 aromatic carbocycles. The summed E-state index contributed by atoms with van der Waals surface area (Å²) in [7, 11) is 4.74. The Labute approximate surface area is 303 Å². The minimum absolute atomic E-state index is 0.0827. The number of nitrogens with zero attached hydrogens (tertiary/aromatic N) is 7. The number of carbonyl (C=O) groups is 4. The van der Waals surface area contributed by atoms with Crippen molar-refractivity contribution in [1.82, 2.24) is 29.4 Å². The summed E-state index contributed by atoms with van der Waals surface area (Å²) < 4.78 is 4.15. The van der Waals surface area contributed by atoms with Crippen LogP contribution in [0.5, 0.6) is 0 Å². The largest absolute Gasteiger partial charge is 0.370 e. The highest BCUT2D eigenvalue weighted by atomic mass is 35.5. The number of benzene rings is 1. The van der Waals surface area contributed by atoms with Crippen LogP contribution in [0.2, 0.25) is 0 Å². The first-order valence-electron chi connectivity index (χ1n) is 15.5. The highest BCUT2D eigenvalue weighted by Crippen LogP contribution is 2.19. The number of guanidine groups is 1. The monoisotopic (exact) mass is 739 g/mol. The van der Waals surface area contributed by atoms with E-state index >= 15 is 0 Å². The van der Waals surface area contributed by atoms with Crippen molar-refractivity contribution >= 4 is 81.9 Å². The second-order valence-corrected chi connectivity index (χ2v) is 11.8. The number of anilines is 4. The summed E-state index contributed by atoms with van der Waals surface area (Å²) in [6, 6.07) is 12.0. The van der Waals surface area contributed by atoms with Crippen LogP contribution in [0.4, 0.5) is 23.0 Å². The number of rotatable bonds is 16. The molecule has 8 N–H and O–H groups in total. The SMILES string of the molecule is Cn1cc(NC(=O)/C=C/c2ccc(N(CCCl)CCCl)cc2)cc1C(=O)Nc1cc(C(=O)Nc2cc(C(=O)NCCN=C(N)N)n(C)n2)n(C)n1. The van der Waals surface area contributed by atoms with Crippen LogP contribution in [0.1, 0.15) is 37.0 Å². The summed E-state index contributed by atoms with van der Waals surface area (Å²) in [6.45, 7) is 1.75. The maximum Gasteiger partial charge on any atom is 0.275 e. The van der Waals surface area contributed by atoms with E-state index in [-0.39, 0.29) is 53.7 Å². The van der Waals surface area contributed by atoms with Crippen molar-refractivity contribution in [1.29, 1.82) is 0 Å². The first-order valence-corrected chi connectivity index (χ1v) is 16.6. The quantitative estimate of drug-likeness (QED) is 0.0324. The molecule has 4 aromatic rings. The van der Waals surface area contributed by atoms with E-state index < -0.39 is 17.7 Å². The van der Waals surface area contributed by atoms with Crippen molar-refractivity contribution in [2.24, 2.45) is 37.6 Å². The lowest BCUT2D eigenvalue weighted by Crippen LogP contribution is -2.29. The van der Waals surface area contributed by atoms with Crippen LogP contribution in [0.15, 0.2) is 59.7 Å². The molecule has 0 atom stereocenters. The third kappa shape index (κ3) is 10.6. The molecule has 51 heavy (non-hydrogen) atoms. The Morgan fingerprint density at radius 3 is 1.96 bits per heavy atom. The van der Waals surface area contributed by atoms with Crippen LogP contribution in [0.25, 0.3) is 6.08 Å². The maximum absolute atomic E-state index is 13.1. The smallest absolute Gasteiger partial charge is 0.275 e. The molecule has 0 aliphatic carbocycles. The Hall–Kier alpha value is -5.81. The molecule has 0 aliphatic rings. The van der Waals surface area contributed by atoms with Gasteiger partial charge >= 0.3 is 0 Å². The fourth-order valence-electron chi connectivity index (χ4n) is 4.87. The molecule has 3 aromatic heterocycles. The number of amides is 4. The van der Waals surface area contributed by atoms with Gasteiger partial charge in [0, 0.05) is 82.6 Å². The molecule has 3 heterocycles. The molecular weight excluding hydrogens is 701 g/mol. The summed E-state index contributed by atoms with van der Waals surface area (Å²) in [5.74, 6) is -0.785. The second-order valence-electron chi connectivity index (χ2n) is 11.1. The molecule has 4 rings (SSSR count). The Morgan fingerprint density at radius 1 is 0.824 bits per heavy atom. The third-order valence-electron chi connectivity index (χ3n) is 7.30. The normalized spacial score (nSPS) is 10.9. The molecule has 19 heteroatoms. The van der Waals surface area contributed by atoms with E-state index in [0.29, 0.717) is 30.5 Å². The zero-order valence-corrected chi connectivity index (χ0v) is 29.7. The zero-order chi connectivity index (χ0) is 37.1. The van der Waals surface area contributed by atoms with Gasteiger partial charge in [-0.3, -0.25) is 33.5 Å². The number of hydrogen-bond donors (Lipinski definition) is 6. The lowest BCUT2D eigenvalue weighted by Gasteiger charge is -2.22. The molecule has 17 nitrogen and oxygen atoms in total. The fraction of sp³-hybridized carbons (Fsp3) is 0.281. The topological polar surface area (TPSA) is 225 Å². The van der Waals surface area contributed by atoms with Gasteiger partial charge in [-0.2, -0.15) is 10.2 Å². The van der Waals surface area contributed by atoms with Crippen molar-refractivity contribution in [3.63, 3.8) is 0 Å². The molecule has 0 unspecified atom stereocenters. The summed E-state index contributed by atoms with van der Waals surface area (Å²) in [5.41, 5.74) is 13.3. The molecule has 0 aliphatic heterocycles. The van der Waals surface area contributed by atoms with Crippen LogP contribution < -0.4 is 37.6 Å². The van der Waals surface area contributed by atoms with Crippen LogP contribution in [0.3, 0.4) is 0 Å². The predicted molar refractivity (Wildman–Crippen MR) is 199 cm³/mol. The minimum Gasteiger partial charge on any atom is -0.370 e. The number of aliphatic imine (C=N–C) groups is 1. The fourth-order valence-corrected chi connectivity index (χ4v) is 5.28. The van der Waals surface area contributed by atoms with E-state index in [1.165, 1.54) is 40.7 Å². The van der Waals surface area contributed by atoms with Crippen molar-refractivity contribution in [3.05, 3.63) is 77.4 Å². The second kappa shape index (κ2) is 17.7. The van der Waals surface area contributed by atoms with Crippen LogP contribution in [-0.2, 0) is 25.9 Å². The molecule has 0 saturated carbocycles. The summed E-state index contributed by atoms with van der Waals surface area (Å²) in [6.07, 6.45) is 4.68. The van der Waals surface area contributed by atoms with E-state index in [1.807, 2.05) is 24.3 Å². The summed E-state index contributed by atoms with van der Waals surface area (Å²) >= 11 is 11.8. The molecule has 0 radical (unpaired) electrons. The van der Waals surface area contributed by atoms with Gasteiger partial charge in [0.05, 0.1) is 12.2 Å². The average molecular weight is 741 g/mol. The maximum atomic E-state index is 13.1. The number of carbonyl (C=O) groups excluding carboxylic acids is 4. The third-order valence-corrected chi connectivity index (χ3v) is 7.64.